The summed E-state index contributed by atoms with van der Waals surface area (Å²) >= 11 is 0. The Bertz CT molecular complexity index is 460. The summed E-state index contributed by atoms with van der Waals surface area (Å²) in [6, 6.07) is 2.18. The van der Waals surface area contributed by atoms with Gasteiger partial charge in [-0.3, -0.25) is 4.79 Å². The molecule has 1 aliphatic carbocycles. The maximum absolute atomic E-state index is 12.1. The SMILES string of the molecule is CCc1cc2c(c(C)c1CCO)C(=O)C(C)C2. The van der Waals surface area contributed by atoms with E-state index >= 15 is 0 Å². The first-order valence-electron chi connectivity index (χ1n) is 6.39. The molecule has 0 fully saturated rings. The van der Waals surface area contributed by atoms with Crippen LogP contribution >= 0.6 is 0 Å². The predicted molar refractivity (Wildman–Crippen MR) is 68.5 cm³/mol. The Morgan fingerprint density at radius 1 is 1.47 bits per heavy atom. The zero-order chi connectivity index (χ0) is 12.6. The van der Waals surface area contributed by atoms with Gasteiger partial charge >= 0.3 is 0 Å². The summed E-state index contributed by atoms with van der Waals surface area (Å²) in [5.74, 6) is 0.400. The van der Waals surface area contributed by atoms with Crippen molar-refractivity contribution in [3.8, 4) is 0 Å². The van der Waals surface area contributed by atoms with Crippen LogP contribution in [0.3, 0.4) is 0 Å². The molecule has 1 N–H and O–H groups in total. The lowest BCUT2D eigenvalue weighted by Gasteiger charge is -2.14. The smallest absolute Gasteiger partial charge is 0.166 e. The van der Waals surface area contributed by atoms with Crippen molar-refractivity contribution in [1.82, 2.24) is 0 Å². The Balaban J connectivity index is 2.60. The van der Waals surface area contributed by atoms with Crippen molar-refractivity contribution in [2.45, 2.75) is 40.0 Å². The molecule has 0 amide bonds. The molecule has 0 bridgehead atoms. The highest BCUT2D eigenvalue weighted by Crippen LogP contribution is 2.33. The molecule has 0 saturated heterocycles. The number of rotatable bonds is 3. The summed E-state index contributed by atoms with van der Waals surface area (Å²) in [7, 11) is 0. The molecule has 1 unspecified atom stereocenters. The number of carbonyl (C=O) groups is 1. The van der Waals surface area contributed by atoms with Gasteiger partial charge in [0.15, 0.2) is 5.78 Å². The molecule has 2 nitrogen and oxygen atoms in total. The van der Waals surface area contributed by atoms with Crippen molar-refractivity contribution in [2.75, 3.05) is 6.61 Å². The number of Topliss-reactive ketones (excluding diaryl/α,β-unsaturated/α-hetero) is 1. The molecule has 92 valence electrons. The van der Waals surface area contributed by atoms with Crippen LogP contribution in [0.1, 0.15) is 46.5 Å². The lowest BCUT2D eigenvalue weighted by Crippen LogP contribution is -2.08. The van der Waals surface area contributed by atoms with Crippen molar-refractivity contribution in [3.05, 3.63) is 33.9 Å². The highest BCUT2D eigenvalue weighted by atomic mass is 16.3. The van der Waals surface area contributed by atoms with Crippen molar-refractivity contribution >= 4 is 5.78 Å². The third kappa shape index (κ3) is 1.91. The number of aliphatic hydroxyl groups excluding tert-OH is 1. The minimum Gasteiger partial charge on any atom is -0.396 e. The number of benzene rings is 1. The Hall–Kier alpha value is -1.15. The second-order valence-corrected chi connectivity index (χ2v) is 4.97. The topological polar surface area (TPSA) is 37.3 Å². The van der Waals surface area contributed by atoms with Crippen LogP contribution in [-0.2, 0) is 19.3 Å². The van der Waals surface area contributed by atoms with Gasteiger partial charge in [0.2, 0.25) is 0 Å². The summed E-state index contributed by atoms with van der Waals surface area (Å²) in [4.78, 5) is 12.1. The second-order valence-electron chi connectivity index (χ2n) is 4.97. The standard InChI is InChI=1S/C15H20O2/c1-4-11-8-12-7-9(2)15(17)14(12)10(3)13(11)5-6-16/h8-9,16H,4-7H2,1-3H3. The largest absolute Gasteiger partial charge is 0.396 e. The Kier molecular flexibility index (Phi) is 3.34. The molecule has 0 saturated carbocycles. The van der Waals surface area contributed by atoms with Gasteiger partial charge < -0.3 is 5.11 Å². The molecule has 0 aromatic heterocycles. The van der Waals surface area contributed by atoms with Crippen LogP contribution in [0, 0.1) is 12.8 Å². The van der Waals surface area contributed by atoms with Gasteiger partial charge in [-0.15, -0.1) is 0 Å². The van der Waals surface area contributed by atoms with Crippen LogP contribution in [0.25, 0.3) is 0 Å². The normalized spacial score (nSPS) is 18.6. The number of carbonyl (C=O) groups excluding carboxylic acids is 1. The van der Waals surface area contributed by atoms with Crippen molar-refractivity contribution in [3.63, 3.8) is 0 Å². The van der Waals surface area contributed by atoms with Crippen LogP contribution in [0.15, 0.2) is 6.07 Å². The summed E-state index contributed by atoms with van der Waals surface area (Å²) in [5.41, 5.74) is 5.70. The summed E-state index contributed by atoms with van der Waals surface area (Å²) < 4.78 is 0. The number of aryl methyl sites for hydroxylation is 1. The van der Waals surface area contributed by atoms with E-state index in [0.29, 0.717) is 6.42 Å². The van der Waals surface area contributed by atoms with Gasteiger partial charge in [-0.1, -0.05) is 19.9 Å². The quantitative estimate of drug-likeness (QED) is 0.869. The van der Waals surface area contributed by atoms with Crippen LogP contribution in [0.4, 0.5) is 0 Å². The lowest BCUT2D eigenvalue weighted by atomic mass is 9.90. The van der Waals surface area contributed by atoms with E-state index < -0.39 is 0 Å². The second kappa shape index (κ2) is 4.61. The molecule has 17 heavy (non-hydrogen) atoms. The van der Waals surface area contributed by atoms with Gasteiger partial charge in [0.05, 0.1) is 0 Å². The molecule has 2 heteroatoms. The molecule has 1 atom stereocenters. The third-order valence-electron chi connectivity index (χ3n) is 3.85. The Morgan fingerprint density at radius 2 is 2.18 bits per heavy atom. The van der Waals surface area contributed by atoms with Gasteiger partial charge in [-0.2, -0.15) is 0 Å². The Labute approximate surface area is 103 Å². The van der Waals surface area contributed by atoms with Gasteiger partial charge in [-0.05, 0) is 48.4 Å². The predicted octanol–water partition coefficient (Wildman–Crippen LogP) is 2.47. The third-order valence-corrected chi connectivity index (χ3v) is 3.85. The number of fused-ring (bicyclic) bond motifs is 1. The molecule has 0 spiro atoms. The molecule has 1 aromatic carbocycles. The fraction of sp³-hybridized carbons (Fsp3) is 0.533. The number of ketones is 1. The van der Waals surface area contributed by atoms with E-state index in [9.17, 15) is 4.79 Å². The average Bonchev–Trinajstić information content (AvgIpc) is 2.59. The van der Waals surface area contributed by atoms with E-state index in [2.05, 4.69) is 13.0 Å². The monoisotopic (exact) mass is 232 g/mol. The van der Waals surface area contributed by atoms with Crippen molar-refractivity contribution in [1.29, 1.82) is 0 Å². The highest BCUT2D eigenvalue weighted by Gasteiger charge is 2.30. The zero-order valence-electron chi connectivity index (χ0n) is 10.8. The molecule has 2 rings (SSSR count). The zero-order valence-corrected chi connectivity index (χ0v) is 10.8. The van der Waals surface area contributed by atoms with Gasteiger partial charge in [-0.25, -0.2) is 0 Å². The molecule has 0 radical (unpaired) electrons. The first-order valence-corrected chi connectivity index (χ1v) is 6.39. The maximum atomic E-state index is 12.1. The van der Waals surface area contributed by atoms with E-state index in [-0.39, 0.29) is 18.3 Å². The van der Waals surface area contributed by atoms with E-state index in [0.717, 1.165) is 24.0 Å². The molecular weight excluding hydrogens is 212 g/mol. The molecular formula is C15H20O2. The highest BCUT2D eigenvalue weighted by molar-refractivity contribution is 6.03. The van der Waals surface area contributed by atoms with Crippen LogP contribution in [0.2, 0.25) is 0 Å². The molecule has 0 heterocycles. The average molecular weight is 232 g/mol. The van der Waals surface area contributed by atoms with Crippen LogP contribution in [0.5, 0.6) is 0 Å². The van der Waals surface area contributed by atoms with Gasteiger partial charge in [0, 0.05) is 18.1 Å². The first kappa shape index (κ1) is 12.3. The maximum Gasteiger partial charge on any atom is 0.166 e. The van der Waals surface area contributed by atoms with Gasteiger partial charge in [0.1, 0.15) is 0 Å². The number of aliphatic hydroxyl groups is 1. The summed E-state index contributed by atoms with van der Waals surface area (Å²) in [5, 5.41) is 9.15. The number of hydrogen-bond acceptors (Lipinski definition) is 2. The fourth-order valence-corrected chi connectivity index (χ4v) is 2.95. The molecule has 1 aromatic rings. The van der Waals surface area contributed by atoms with Crippen molar-refractivity contribution in [2.24, 2.45) is 5.92 Å². The van der Waals surface area contributed by atoms with E-state index in [4.69, 9.17) is 5.11 Å². The number of hydrogen-bond donors (Lipinski definition) is 1. The minimum absolute atomic E-state index is 0.123. The van der Waals surface area contributed by atoms with E-state index in [1.54, 1.807) is 0 Å². The summed E-state index contributed by atoms with van der Waals surface area (Å²) in [6.45, 7) is 6.30. The van der Waals surface area contributed by atoms with E-state index in [1.807, 2.05) is 13.8 Å². The minimum atomic E-state index is 0.123. The van der Waals surface area contributed by atoms with Gasteiger partial charge in [0.25, 0.3) is 0 Å². The lowest BCUT2D eigenvalue weighted by molar-refractivity contribution is 0.0945. The van der Waals surface area contributed by atoms with E-state index in [1.165, 1.54) is 16.7 Å². The fourth-order valence-electron chi connectivity index (χ4n) is 2.95. The van der Waals surface area contributed by atoms with Crippen LogP contribution in [-0.4, -0.2) is 17.5 Å². The van der Waals surface area contributed by atoms with Crippen molar-refractivity contribution < 1.29 is 9.90 Å². The molecule has 1 aliphatic rings. The first-order chi connectivity index (χ1) is 8.10. The Morgan fingerprint density at radius 3 is 2.76 bits per heavy atom. The van der Waals surface area contributed by atoms with Crippen LogP contribution < -0.4 is 0 Å². The molecule has 0 aliphatic heterocycles. The summed E-state index contributed by atoms with van der Waals surface area (Å²) in [6.07, 6.45) is 2.50.